The van der Waals surface area contributed by atoms with Crippen LogP contribution in [0.15, 0.2) is 24.4 Å². The van der Waals surface area contributed by atoms with Crippen LogP contribution in [0.5, 0.6) is 5.75 Å². The van der Waals surface area contributed by atoms with Crippen LogP contribution in [0.4, 0.5) is 0 Å². The zero-order valence-electron chi connectivity index (χ0n) is 12.5. The van der Waals surface area contributed by atoms with Crippen molar-refractivity contribution in [3.05, 3.63) is 30.0 Å². The molecular weight excluding hydrogens is 250 g/mol. The van der Waals surface area contributed by atoms with Crippen molar-refractivity contribution in [3.63, 3.8) is 0 Å². The highest BCUT2D eigenvalue weighted by atomic mass is 16.5. The number of ether oxygens (including phenoxy) is 1. The third-order valence-corrected chi connectivity index (χ3v) is 3.75. The molecule has 0 radical (unpaired) electrons. The van der Waals surface area contributed by atoms with Gasteiger partial charge in [-0.05, 0) is 37.5 Å². The van der Waals surface area contributed by atoms with Crippen LogP contribution in [0.3, 0.4) is 0 Å². The molecule has 108 valence electrons. The molecule has 0 spiro atoms. The molecule has 0 unspecified atom stereocenters. The van der Waals surface area contributed by atoms with Crippen LogP contribution in [0.2, 0.25) is 0 Å². The molecule has 0 saturated heterocycles. The van der Waals surface area contributed by atoms with Gasteiger partial charge in [-0.15, -0.1) is 0 Å². The second-order valence-corrected chi connectivity index (χ2v) is 5.14. The number of carbonyl (C=O) groups excluding carboxylic acids is 1. The Morgan fingerprint density at radius 3 is 2.65 bits per heavy atom. The van der Waals surface area contributed by atoms with Crippen molar-refractivity contribution in [2.45, 2.75) is 40.0 Å². The van der Waals surface area contributed by atoms with Crippen LogP contribution in [-0.4, -0.2) is 17.4 Å². The largest absolute Gasteiger partial charge is 0.494 e. The molecular formula is C17H23NO2. The summed E-state index contributed by atoms with van der Waals surface area (Å²) >= 11 is 0. The van der Waals surface area contributed by atoms with Crippen LogP contribution < -0.4 is 4.74 Å². The molecule has 0 amide bonds. The highest BCUT2D eigenvalue weighted by Crippen LogP contribution is 2.27. The van der Waals surface area contributed by atoms with Gasteiger partial charge in [0, 0.05) is 28.6 Å². The summed E-state index contributed by atoms with van der Waals surface area (Å²) in [6.45, 7) is 6.91. The molecule has 0 saturated carbocycles. The van der Waals surface area contributed by atoms with Crippen molar-refractivity contribution in [3.8, 4) is 5.75 Å². The van der Waals surface area contributed by atoms with E-state index in [1.165, 1.54) is 0 Å². The molecule has 0 bridgehead atoms. The maximum Gasteiger partial charge on any atom is 0.168 e. The first-order valence-electron chi connectivity index (χ1n) is 7.49. The molecule has 3 heteroatoms. The summed E-state index contributed by atoms with van der Waals surface area (Å²) in [6, 6.07) is 5.89. The van der Waals surface area contributed by atoms with Crippen molar-refractivity contribution < 1.29 is 9.53 Å². The van der Waals surface area contributed by atoms with E-state index in [-0.39, 0.29) is 11.7 Å². The number of benzene rings is 1. The fraction of sp³-hybridized carbons (Fsp3) is 0.471. The first kappa shape index (κ1) is 14.6. The Morgan fingerprint density at radius 1 is 1.25 bits per heavy atom. The van der Waals surface area contributed by atoms with Crippen LogP contribution in [0, 0.1) is 5.92 Å². The lowest BCUT2D eigenvalue weighted by molar-refractivity contribution is 0.0915. The monoisotopic (exact) mass is 273 g/mol. The number of Topliss-reactive ketones (excluding diaryl/α,β-unsaturated/α-hetero) is 1. The summed E-state index contributed by atoms with van der Waals surface area (Å²) in [7, 11) is 0. The van der Waals surface area contributed by atoms with Crippen molar-refractivity contribution in [2.24, 2.45) is 5.92 Å². The van der Waals surface area contributed by atoms with Gasteiger partial charge in [-0.1, -0.05) is 20.8 Å². The fourth-order valence-electron chi connectivity index (χ4n) is 2.49. The van der Waals surface area contributed by atoms with E-state index >= 15 is 0 Å². The number of rotatable bonds is 7. The van der Waals surface area contributed by atoms with E-state index < -0.39 is 0 Å². The van der Waals surface area contributed by atoms with E-state index in [0.717, 1.165) is 41.5 Å². The zero-order chi connectivity index (χ0) is 14.5. The van der Waals surface area contributed by atoms with E-state index in [1.807, 2.05) is 24.4 Å². The normalized spacial score (nSPS) is 11.2. The Balaban J connectivity index is 2.36. The number of nitrogens with one attached hydrogen (secondary N) is 1. The van der Waals surface area contributed by atoms with Crippen molar-refractivity contribution in [2.75, 3.05) is 6.61 Å². The number of H-pyrrole nitrogens is 1. The molecule has 1 N–H and O–H groups in total. The van der Waals surface area contributed by atoms with Gasteiger partial charge >= 0.3 is 0 Å². The number of aromatic amines is 1. The van der Waals surface area contributed by atoms with Gasteiger partial charge in [-0.3, -0.25) is 4.79 Å². The minimum Gasteiger partial charge on any atom is -0.494 e. The Morgan fingerprint density at radius 2 is 2.00 bits per heavy atom. The Bertz CT molecular complexity index is 582. The zero-order valence-corrected chi connectivity index (χ0v) is 12.5. The van der Waals surface area contributed by atoms with Gasteiger partial charge in [-0.25, -0.2) is 0 Å². The Labute approximate surface area is 120 Å². The fourth-order valence-corrected chi connectivity index (χ4v) is 2.49. The number of aromatic nitrogens is 1. The lowest BCUT2D eigenvalue weighted by Gasteiger charge is -2.10. The third-order valence-electron chi connectivity index (χ3n) is 3.75. The van der Waals surface area contributed by atoms with E-state index in [0.29, 0.717) is 6.61 Å². The predicted molar refractivity (Wildman–Crippen MR) is 82.5 cm³/mol. The smallest absolute Gasteiger partial charge is 0.168 e. The Hall–Kier alpha value is -1.77. The first-order valence-corrected chi connectivity index (χ1v) is 7.49. The molecule has 1 heterocycles. The minimum atomic E-state index is 0.106. The van der Waals surface area contributed by atoms with Gasteiger partial charge < -0.3 is 9.72 Å². The summed E-state index contributed by atoms with van der Waals surface area (Å²) in [5, 5.41) is 0.968. The van der Waals surface area contributed by atoms with E-state index in [2.05, 4.69) is 25.8 Å². The molecule has 0 atom stereocenters. The lowest BCUT2D eigenvalue weighted by atomic mass is 9.93. The van der Waals surface area contributed by atoms with E-state index in [9.17, 15) is 4.79 Å². The van der Waals surface area contributed by atoms with Crippen LogP contribution in [0.1, 0.15) is 50.4 Å². The molecule has 3 nitrogen and oxygen atoms in total. The minimum absolute atomic E-state index is 0.106. The van der Waals surface area contributed by atoms with Gasteiger partial charge in [0.05, 0.1) is 6.61 Å². The van der Waals surface area contributed by atoms with Crippen LogP contribution in [-0.2, 0) is 0 Å². The van der Waals surface area contributed by atoms with Gasteiger partial charge in [0.2, 0.25) is 0 Å². The molecule has 1 aromatic carbocycles. The van der Waals surface area contributed by atoms with Crippen LogP contribution in [0.25, 0.3) is 10.9 Å². The van der Waals surface area contributed by atoms with E-state index in [4.69, 9.17) is 4.74 Å². The quantitative estimate of drug-likeness (QED) is 0.750. The highest BCUT2D eigenvalue weighted by Gasteiger charge is 2.19. The summed E-state index contributed by atoms with van der Waals surface area (Å²) in [6.07, 6.45) is 4.57. The molecule has 0 aliphatic carbocycles. The van der Waals surface area contributed by atoms with Gasteiger partial charge in [0.25, 0.3) is 0 Å². The summed E-state index contributed by atoms with van der Waals surface area (Å²) in [5.41, 5.74) is 1.78. The van der Waals surface area contributed by atoms with Gasteiger partial charge in [0.1, 0.15) is 5.75 Å². The molecule has 1 aromatic heterocycles. The van der Waals surface area contributed by atoms with E-state index in [1.54, 1.807) is 0 Å². The topological polar surface area (TPSA) is 42.1 Å². The third kappa shape index (κ3) is 2.87. The second-order valence-electron chi connectivity index (χ2n) is 5.14. The standard InChI is InChI=1S/C17H23NO2/c1-4-9-20-13-7-8-16-14(10-13)15(11-18-16)17(19)12(5-2)6-3/h7-8,10-12,18H,4-6,9H2,1-3H3. The number of fused-ring (bicyclic) bond motifs is 1. The molecule has 2 rings (SSSR count). The average molecular weight is 273 g/mol. The molecule has 0 aliphatic heterocycles. The maximum atomic E-state index is 12.5. The average Bonchev–Trinajstić information content (AvgIpc) is 2.89. The number of carbonyl (C=O) groups is 1. The SMILES string of the molecule is CCCOc1ccc2[nH]cc(C(=O)C(CC)CC)c2c1. The molecule has 0 aliphatic rings. The first-order chi connectivity index (χ1) is 9.71. The molecule has 20 heavy (non-hydrogen) atoms. The molecule has 2 aromatic rings. The second kappa shape index (κ2) is 6.60. The summed E-state index contributed by atoms with van der Waals surface area (Å²) < 4.78 is 5.66. The Kier molecular flexibility index (Phi) is 4.83. The predicted octanol–water partition coefficient (Wildman–Crippen LogP) is 4.58. The van der Waals surface area contributed by atoms with Gasteiger partial charge in [-0.2, -0.15) is 0 Å². The lowest BCUT2D eigenvalue weighted by Crippen LogP contribution is -2.12. The summed E-state index contributed by atoms with van der Waals surface area (Å²) in [4.78, 5) is 15.7. The number of hydrogen-bond acceptors (Lipinski definition) is 2. The van der Waals surface area contributed by atoms with Gasteiger partial charge in [0.15, 0.2) is 5.78 Å². The number of ketones is 1. The van der Waals surface area contributed by atoms with Crippen LogP contribution >= 0.6 is 0 Å². The maximum absolute atomic E-state index is 12.5. The van der Waals surface area contributed by atoms with Crippen molar-refractivity contribution in [1.82, 2.24) is 4.98 Å². The highest BCUT2D eigenvalue weighted by molar-refractivity contribution is 6.09. The summed E-state index contributed by atoms with van der Waals surface area (Å²) in [5.74, 6) is 1.17. The number of hydrogen-bond donors (Lipinski definition) is 1. The van der Waals surface area contributed by atoms with Crippen molar-refractivity contribution >= 4 is 16.7 Å². The van der Waals surface area contributed by atoms with Crippen molar-refractivity contribution in [1.29, 1.82) is 0 Å². The molecule has 0 fully saturated rings.